The summed E-state index contributed by atoms with van der Waals surface area (Å²) in [6, 6.07) is 0.0185. The molecule has 0 heterocycles. The van der Waals surface area contributed by atoms with E-state index in [1.54, 1.807) is 42.3 Å². The zero-order valence-electron chi connectivity index (χ0n) is 10.2. The van der Waals surface area contributed by atoms with Crippen molar-refractivity contribution < 1.29 is 9.59 Å². The average molecular weight is 203 g/mol. The summed E-state index contributed by atoms with van der Waals surface area (Å²) in [5, 5.41) is 0. The second kappa shape index (κ2) is 7.17. The fourth-order valence-electron chi connectivity index (χ4n) is 0.400. The van der Waals surface area contributed by atoms with Gasteiger partial charge in [0.15, 0.2) is 0 Å². The van der Waals surface area contributed by atoms with Gasteiger partial charge >= 0.3 is 6.03 Å². The lowest BCUT2D eigenvalue weighted by Gasteiger charge is -2.16. The molecule has 0 rings (SSSR count). The van der Waals surface area contributed by atoms with Gasteiger partial charge in [-0.2, -0.15) is 0 Å². The van der Waals surface area contributed by atoms with Crippen LogP contribution in [-0.2, 0) is 4.79 Å². The Labute approximate surface area is 86.3 Å². The first-order chi connectivity index (χ1) is 6.20. The molecule has 0 spiro atoms. The van der Waals surface area contributed by atoms with Gasteiger partial charge in [-0.1, -0.05) is 0 Å². The van der Waals surface area contributed by atoms with Crippen molar-refractivity contribution >= 4 is 11.9 Å². The van der Waals surface area contributed by atoms with Crippen LogP contribution < -0.4 is 0 Å². The Kier molecular flexibility index (Phi) is 7.80. The number of carbonyl (C=O) groups excluding carboxylic acids is 2. The van der Waals surface area contributed by atoms with Crippen LogP contribution in [0.5, 0.6) is 0 Å². The van der Waals surface area contributed by atoms with Crippen LogP contribution in [0.15, 0.2) is 0 Å². The van der Waals surface area contributed by atoms with E-state index >= 15 is 0 Å². The number of carbonyl (C=O) groups is 2. The Morgan fingerprint density at radius 1 is 0.714 bits per heavy atom. The molecule has 0 atom stereocenters. The van der Waals surface area contributed by atoms with E-state index < -0.39 is 0 Å². The number of nitrogens with zero attached hydrogens (tertiary/aromatic N) is 3. The van der Waals surface area contributed by atoms with Gasteiger partial charge in [0.25, 0.3) is 0 Å². The van der Waals surface area contributed by atoms with Gasteiger partial charge in [-0.25, -0.2) is 4.79 Å². The molecular formula is C9H21N3O2. The summed E-state index contributed by atoms with van der Waals surface area (Å²) in [7, 11) is 10.3. The summed E-state index contributed by atoms with van der Waals surface area (Å²) in [4.78, 5) is 25.3. The van der Waals surface area contributed by atoms with Crippen molar-refractivity contribution in [3.63, 3.8) is 0 Å². The molecule has 0 unspecified atom stereocenters. The molecule has 0 saturated carbocycles. The molecule has 0 aromatic rings. The normalized spacial score (nSPS) is 8.21. The third kappa shape index (κ3) is 8.83. The van der Waals surface area contributed by atoms with Crippen LogP contribution in [0, 0.1) is 0 Å². The van der Waals surface area contributed by atoms with Gasteiger partial charge < -0.3 is 14.7 Å². The SMILES string of the molecule is CC(=O)N(C)C.CN(C)C(=O)N(C)C. The molecule has 0 aliphatic carbocycles. The molecule has 14 heavy (non-hydrogen) atoms. The van der Waals surface area contributed by atoms with E-state index in [0.29, 0.717) is 0 Å². The minimum Gasteiger partial charge on any atom is -0.349 e. The minimum atomic E-state index is 0.0185. The smallest absolute Gasteiger partial charge is 0.318 e. The van der Waals surface area contributed by atoms with Crippen molar-refractivity contribution in [3.8, 4) is 0 Å². The van der Waals surface area contributed by atoms with Crippen LogP contribution in [-0.4, -0.2) is 68.9 Å². The molecule has 0 bridgehead atoms. The van der Waals surface area contributed by atoms with E-state index in [1.165, 1.54) is 21.6 Å². The van der Waals surface area contributed by atoms with Crippen LogP contribution in [0.2, 0.25) is 0 Å². The highest BCUT2D eigenvalue weighted by atomic mass is 16.2. The lowest BCUT2D eigenvalue weighted by atomic mass is 10.7. The van der Waals surface area contributed by atoms with Crippen molar-refractivity contribution in [3.05, 3.63) is 0 Å². The molecule has 0 radical (unpaired) electrons. The lowest BCUT2D eigenvalue weighted by Crippen LogP contribution is -2.33. The highest BCUT2D eigenvalue weighted by molar-refractivity contribution is 5.73. The van der Waals surface area contributed by atoms with E-state index in [9.17, 15) is 9.59 Å². The molecule has 0 aromatic carbocycles. The molecule has 3 amide bonds. The first-order valence-electron chi connectivity index (χ1n) is 4.26. The van der Waals surface area contributed by atoms with Gasteiger partial charge in [-0.3, -0.25) is 4.79 Å². The van der Waals surface area contributed by atoms with Gasteiger partial charge in [0.2, 0.25) is 5.91 Å². The molecule has 0 fully saturated rings. The maximum Gasteiger partial charge on any atom is 0.318 e. The minimum absolute atomic E-state index is 0.0185. The molecular weight excluding hydrogens is 182 g/mol. The first kappa shape index (κ1) is 15.2. The Morgan fingerprint density at radius 2 is 0.929 bits per heavy atom. The highest BCUT2D eigenvalue weighted by Gasteiger charge is 2.02. The zero-order chi connectivity index (χ0) is 11.9. The number of rotatable bonds is 0. The van der Waals surface area contributed by atoms with Crippen molar-refractivity contribution in [1.82, 2.24) is 14.7 Å². The lowest BCUT2D eigenvalue weighted by molar-refractivity contribution is -0.126. The van der Waals surface area contributed by atoms with Gasteiger partial charge in [0, 0.05) is 49.2 Å². The fraction of sp³-hybridized carbons (Fsp3) is 0.778. The van der Waals surface area contributed by atoms with E-state index in [1.807, 2.05) is 0 Å². The molecule has 0 aliphatic rings. The monoisotopic (exact) mass is 203 g/mol. The van der Waals surface area contributed by atoms with Crippen molar-refractivity contribution in [2.45, 2.75) is 6.92 Å². The molecule has 0 saturated heterocycles. The van der Waals surface area contributed by atoms with E-state index in [2.05, 4.69) is 0 Å². The standard InChI is InChI=1S/C5H12N2O.C4H9NO/c1-6(2)5(8)7(3)4;1-4(6)5(2)3/h1-4H3;1-3H3. The molecule has 0 aliphatic heterocycles. The van der Waals surface area contributed by atoms with Gasteiger partial charge in [0.1, 0.15) is 0 Å². The first-order valence-corrected chi connectivity index (χ1v) is 4.26. The van der Waals surface area contributed by atoms with Crippen LogP contribution in [0.4, 0.5) is 4.79 Å². The molecule has 5 heteroatoms. The van der Waals surface area contributed by atoms with E-state index in [4.69, 9.17) is 0 Å². The number of urea groups is 1. The van der Waals surface area contributed by atoms with Crippen LogP contribution in [0.1, 0.15) is 6.92 Å². The Balaban J connectivity index is 0. The summed E-state index contributed by atoms with van der Waals surface area (Å²) in [6.07, 6.45) is 0. The van der Waals surface area contributed by atoms with E-state index in [-0.39, 0.29) is 11.9 Å². The Hall–Kier alpha value is -1.26. The summed E-state index contributed by atoms with van der Waals surface area (Å²) in [6.45, 7) is 1.53. The van der Waals surface area contributed by atoms with Crippen LogP contribution >= 0.6 is 0 Å². The second-order valence-electron chi connectivity index (χ2n) is 3.48. The summed E-state index contributed by atoms with van der Waals surface area (Å²) in [5.74, 6) is 0.0926. The third-order valence-electron chi connectivity index (χ3n) is 1.39. The Morgan fingerprint density at radius 3 is 0.929 bits per heavy atom. The molecule has 0 aromatic heterocycles. The van der Waals surface area contributed by atoms with Gasteiger partial charge in [-0.15, -0.1) is 0 Å². The summed E-state index contributed by atoms with van der Waals surface area (Å²) < 4.78 is 0. The number of hydrogen-bond acceptors (Lipinski definition) is 2. The highest BCUT2D eigenvalue weighted by Crippen LogP contribution is 1.83. The van der Waals surface area contributed by atoms with Gasteiger partial charge in [-0.05, 0) is 0 Å². The maximum atomic E-state index is 10.7. The van der Waals surface area contributed by atoms with Crippen molar-refractivity contribution in [2.75, 3.05) is 42.3 Å². The number of amides is 3. The Bertz CT molecular complexity index is 178. The third-order valence-corrected chi connectivity index (χ3v) is 1.39. The van der Waals surface area contributed by atoms with Crippen LogP contribution in [0.3, 0.4) is 0 Å². The fourth-order valence-corrected chi connectivity index (χ4v) is 0.400. The average Bonchev–Trinajstić information content (AvgIpc) is 2.03. The summed E-state index contributed by atoms with van der Waals surface area (Å²) >= 11 is 0. The van der Waals surface area contributed by atoms with Crippen LogP contribution in [0.25, 0.3) is 0 Å². The largest absolute Gasteiger partial charge is 0.349 e. The molecule has 0 N–H and O–H groups in total. The van der Waals surface area contributed by atoms with Crippen molar-refractivity contribution in [2.24, 2.45) is 0 Å². The molecule has 5 nitrogen and oxygen atoms in total. The quantitative estimate of drug-likeness (QED) is 0.569. The predicted molar refractivity (Wildman–Crippen MR) is 57.1 cm³/mol. The number of hydrogen-bond donors (Lipinski definition) is 0. The maximum absolute atomic E-state index is 10.7. The summed E-state index contributed by atoms with van der Waals surface area (Å²) in [5.41, 5.74) is 0. The topological polar surface area (TPSA) is 43.9 Å². The zero-order valence-corrected chi connectivity index (χ0v) is 10.2. The second-order valence-corrected chi connectivity index (χ2v) is 3.48. The predicted octanol–water partition coefficient (Wildman–Crippen LogP) is 0.324. The molecule has 84 valence electrons. The van der Waals surface area contributed by atoms with Gasteiger partial charge in [0.05, 0.1) is 0 Å². The van der Waals surface area contributed by atoms with Crippen molar-refractivity contribution in [1.29, 1.82) is 0 Å². The van der Waals surface area contributed by atoms with E-state index in [0.717, 1.165) is 0 Å².